The first-order valence-corrected chi connectivity index (χ1v) is 11.4. The molecule has 2 aromatic carbocycles. The van der Waals surface area contributed by atoms with Crippen molar-refractivity contribution in [2.75, 3.05) is 33.4 Å². The first-order valence-electron chi connectivity index (χ1n) is 11.4. The summed E-state index contributed by atoms with van der Waals surface area (Å²) in [4.78, 5) is 23.0. The highest BCUT2D eigenvalue weighted by atomic mass is 19.1. The Hall–Kier alpha value is -3.49. The van der Waals surface area contributed by atoms with Gasteiger partial charge in [0.2, 0.25) is 5.91 Å². The molecular formula is C26H27FN4O3. The zero-order valence-electron chi connectivity index (χ0n) is 19.0. The Morgan fingerprint density at radius 2 is 2.15 bits per heavy atom. The van der Waals surface area contributed by atoms with Gasteiger partial charge in [-0.2, -0.15) is 0 Å². The summed E-state index contributed by atoms with van der Waals surface area (Å²) in [6.07, 6.45) is 1.16. The third kappa shape index (κ3) is 4.10. The van der Waals surface area contributed by atoms with Gasteiger partial charge in [0.25, 0.3) is 0 Å². The second kappa shape index (κ2) is 9.40. The number of hydrogen-bond donors (Lipinski definition) is 3. The molecule has 1 amide bonds. The van der Waals surface area contributed by atoms with Crippen LogP contribution in [0.3, 0.4) is 0 Å². The second-order valence-corrected chi connectivity index (χ2v) is 8.52. The zero-order chi connectivity index (χ0) is 23.7. The number of aromatic amines is 1. The average Bonchev–Trinajstić information content (AvgIpc) is 3.24. The third-order valence-corrected chi connectivity index (χ3v) is 6.39. The fraction of sp³-hybridized carbons (Fsp3) is 0.308. The van der Waals surface area contributed by atoms with Crippen LogP contribution in [-0.2, 0) is 24.2 Å². The number of hydrogen-bond acceptors (Lipinski definition) is 5. The Kier molecular flexibility index (Phi) is 6.17. The summed E-state index contributed by atoms with van der Waals surface area (Å²) in [6.45, 7) is 1.60. The van der Waals surface area contributed by atoms with E-state index in [0.29, 0.717) is 32.5 Å². The predicted molar refractivity (Wildman–Crippen MR) is 128 cm³/mol. The summed E-state index contributed by atoms with van der Waals surface area (Å²) in [6, 6.07) is 13.1. The van der Waals surface area contributed by atoms with Gasteiger partial charge in [0.1, 0.15) is 0 Å². The van der Waals surface area contributed by atoms with Crippen molar-refractivity contribution in [1.82, 2.24) is 20.2 Å². The number of nitrogens with one attached hydrogen (secondary N) is 2. The molecule has 1 aliphatic heterocycles. The summed E-state index contributed by atoms with van der Waals surface area (Å²) in [5, 5.41) is 14.2. The normalized spacial score (nSPS) is 13.4. The largest absolute Gasteiger partial charge is 0.494 e. The molecule has 0 saturated carbocycles. The molecule has 0 saturated heterocycles. The number of aliphatic hydroxyl groups excluding tert-OH is 1. The highest BCUT2D eigenvalue weighted by Crippen LogP contribution is 2.35. The van der Waals surface area contributed by atoms with Gasteiger partial charge in [-0.15, -0.1) is 0 Å². The minimum absolute atomic E-state index is 0.00840. The second-order valence-electron chi connectivity index (χ2n) is 8.52. The van der Waals surface area contributed by atoms with Gasteiger partial charge in [0.05, 0.1) is 43.7 Å². The predicted octanol–water partition coefficient (Wildman–Crippen LogP) is 2.92. The SMILES string of the molecule is COc1ccc(Cc2nc3c(c4c2[nH]c2ccccc24)CCN(C(=O)CNCCO)C3)cc1F. The van der Waals surface area contributed by atoms with Crippen LogP contribution >= 0.6 is 0 Å². The summed E-state index contributed by atoms with van der Waals surface area (Å²) in [7, 11) is 1.45. The van der Waals surface area contributed by atoms with Gasteiger partial charge in [0.15, 0.2) is 11.6 Å². The van der Waals surface area contributed by atoms with Crippen molar-refractivity contribution in [3.05, 3.63) is 70.8 Å². The molecule has 5 rings (SSSR count). The number of methoxy groups -OCH3 is 1. The summed E-state index contributed by atoms with van der Waals surface area (Å²) < 4.78 is 19.4. The van der Waals surface area contributed by atoms with Crippen molar-refractivity contribution < 1.29 is 19.0 Å². The van der Waals surface area contributed by atoms with E-state index in [1.165, 1.54) is 13.2 Å². The van der Waals surface area contributed by atoms with E-state index in [4.69, 9.17) is 14.8 Å². The molecule has 0 bridgehead atoms. The third-order valence-electron chi connectivity index (χ3n) is 6.39. The Bertz CT molecular complexity index is 1370. The number of H-pyrrole nitrogens is 1. The van der Waals surface area contributed by atoms with E-state index in [1.807, 2.05) is 24.3 Å². The lowest BCUT2D eigenvalue weighted by molar-refractivity contribution is -0.131. The number of aliphatic hydroxyl groups is 1. The maximum Gasteiger partial charge on any atom is 0.236 e. The molecule has 3 heterocycles. The monoisotopic (exact) mass is 462 g/mol. The van der Waals surface area contributed by atoms with E-state index in [1.54, 1.807) is 11.0 Å². The number of amides is 1. The smallest absolute Gasteiger partial charge is 0.236 e. The quantitative estimate of drug-likeness (QED) is 0.368. The van der Waals surface area contributed by atoms with E-state index in [-0.39, 0.29) is 24.8 Å². The van der Waals surface area contributed by atoms with Gasteiger partial charge in [-0.3, -0.25) is 9.78 Å². The fourth-order valence-corrected chi connectivity index (χ4v) is 4.75. The van der Waals surface area contributed by atoms with Crippen molar-refractivity contribution in [2.24, 2.45) is 0 Å². The van der Waals surface area contributed by atoms with Crippen molar-refractivity contribution in [2.45, 2.75) is 19.4 Å². The number of carbonyl (C=O) groups excluding carboxylic acids is 1. The zero-order valence-corrected chi connectivity index (χ0v) is 19.0. The summed E-state index contributed by atoms with van der Waals surface area (Å²) >= 11 is 0. The molecule has 0 atom stereocenters. The number of fused-ring (bicyclic) bond motifs is 5. The fourth-order valence-electron chi connectivity index (χ4n) is 4.75. The number of pyridine rings is 1. The van der Waals surface area contributed by atoms with Crippen LogP contribution in [0.1, 0.15) is 22.5 Å². The Morgan fingerprint density at radius 1 is 1.29 bits per heavy atom. The standard InChI is InChI=1S/C26H27FN4O3/c1-34-23-7-6-16(12-19(23)27)13-21-26-25(17-4-2-3-5-20(17)30-26)18-8-10-31(15-22(18)29-21)24(33)14-28-9-11-32/h2-7,12,28,30,32H,8-11,13-15H2,1H3. The Labute approximate surface area is 196 Å². The number of carbonyl (C=O) groups is 1. The van der Waals surface area contributed by atoms with E-state index in [9.17, 15) is 9.18 Å². The number of ether oxygens (including phenoxy) is 1. The van der Waals surface area contributed by atoms with Gasteiger partial charge >= 0.3 is 0 Å². The number of para-hydroxylation sites is 1. The van der Waals surface area contributed by atoms with Gasteiger partial charge in [-0.25, -0.2) is 4.39 Å². The highest BCUT2D eigenvalue weighted by Gasteiger charge is 2.26. The lowest BCUT2D eigenvalue weighted by Crippen LogP contribution is -2.42. The molecule has 1 aliphatic rings. The highest BCUT2D eigenvalue weighted by molar-refractivity contribution is 6.10. The number of rotatable bonds is 7. The van der Waals surface area contributed by atoms with Crippen LogP contribution < -0.4 is 10.1 Å². The molecule has 3 N–H and O–H groups in total. The molecule has 0 spiro atoms. The Morgan fingerprint density at radius 3 is 2.94 bits per heavy atom. The topological polar surface area (TPSA) is 90.5 Å². The minimum Gasteiger partial charge on any atom is -0.494 e. The van der Waals surface area contributed by atoms with E-state index in [2.05, 4.69) is 16.4 Å². The number of benzene rings is 2. The van der Waals surface area contributed by atoms with Crippen LogP contribution in [0.4, 0.5) is 4.39 Å². The number of aromatic nitrogens is 2. The van der Waals surface area contributed by atoms with Crippen LogP contribution in [0, 0.1) is 5.82 Å². The first kappa shape index (κ1) is 22.3. The summed E-state index contributed by atoms with van der Waals surface area (Å²) in [5.41, 5.74) is 5.64. The van der Waals surface area contributed by atoms with Gasteiger partial charge in [-0.1, -0.05) is 24.3 Å². The molecule has 4 aromatic rings. The van der Waals surface area contributed by atoms with Crippen molar-refractivity contribution in [1.29, 1.82) is 0 Å². The number of halogens is 1. The van der Waals surface area contributed by atoms with E-state index >= 15 is 0 Å². The van der Waals surface area contributed by atoms with Gasteiger partial charge in [-0.05, 0) is 35.7 Å². The van der Waals surface area contributed by atoms with E-state index in [0.717, 1.165) is 44.3 Å². The van der Waals surface area contributed by atoms with Crippen LogP contribution in [0.5, 0.6) is 5.75 Å². The van der Waals surface area contributed by atoms with Gasteiger partial charge in [0, 0.05) is 35.8 Å². The molecule has 0 aliphatic carbocycles. The lowest BCUT2D eigenvalue weighted by atomic mass is 9.96. The molecule has 176 valence electrons. The van der Waals surface area contributed by atoms with Crippen LogP contribution in [-0.4, -0.2) is 59.2 Å². The maximum atomic E-state index is 14.4. The minimum atomic E-state index is -0.405. The van der Waals surface area contributed by atoms with Crippen LogP contribution in [0.15, 0.2) is 42.5 Å². The molecule has 0 radical (unpaired) electrons. The molecule has 0 fully saturated rings. The van der Waals surface area contributed by atoms with Crippen molar-refractivity contribution >= 4 is 27.7 Å². The summed E-state index contributed by atoms with van der Waals surface area (Å²) in [5.74, 6) is -0.210. The maximum absolute atomic E-state index is 14.4. The van der Waals surface area contributed by atoms with Crippen molar-refractivity contribution in [3.8, 4) is 5.75 Å². The Balaban J connectivity index is 1.56. The van der Waals surface area contributed by atoms with Gasteiger partial charge < -0.3 is 25.0 Å². The molecular weight excluding hydrogens is 435 g/mol. The molecule has 34 heavy (non-hydrogen) atoms. The first-order chi connectivity index (χ1) is 16.6. The van der Waals surface area contributed by atoms with Crippen molar-refractivity contribution in [3.63, 3.8) is 0 Å². The molecule has 2 aromatic heterocycles. The lowest BCUT2D eigenvalue weighted by Gasteiger charge is -2.29. The molecule has 7 nitrogen and oxygen atoms in total. The van der Waals surface area contributed by atoms with E-state index < -0.39 is 5.82 Å². The van der Waals surface area contributed by atoms with Crippen LogP contribution in [0.2, 0.25) is 0 Å². The average molecular weight is 463 g/mol. The van der Waals surface area contributed by atoms with Crippen LogP contribution in [0.25, 0.3) is 21.8 Å². The molecule has 0 unspecified atom stereocenters. The number of nitrogens with zero attached hydrogens (tertiary/aromatic N) is 2. The molecule has 8 heteroatoms.